The van der Waals surface area contributed by atoms with Crippen molar-refractivity contribution in [2.45, 2.75) is 19.4 Å². The molecule has 0 atom stereocenters. The maximum atomic E-state index is 13.4. The molecule has 3 rings (SSSR count). The van der Waals surface area contributed by atoms with Crippen molar-refractivity contribution in [3.63, 3.8) is 0 Å². The van der Waals surface area contributed by atoms with Gasteiger partial charge in [-0.25, -0.2) is 9.07 Å². The van der Waals surface area contributed by atoms with E-state index in [0.717, 1.165) is 0 Å². The minimum atomic E-state index is -0.850. The minimum Gasteiger partial charge on any atom is -0.481 e. The number of nitrogens with zero attached hydrogens (tertiary/aromatic N) is 4. The average Bonchev–Trinajstić information content (AvgIpc) is 3.05. The Kier molecular flexibility index (Phi) is 3.04. The molecule has 0 radical (unpaired) electrons. The van der Waals surface area contributed by atoms with E-state index < -0.39 is 17.2 Å². The minimum absolute atomic E-state index is 0.188. The highest BCUT2D eigenvalue weighted by molar-refractivity contribution is 9.10. The van der Waals surface area contributed by atoms with E-state index in [9.17, 15) is 14.3 Å². The van der Waals surface area contributed by atoms with Gasteiger partial charge in [0.25, 0.3) is 0 Å². The van der Waals surface area contributed by atoms with Crippen LogP contribution in [0.1, 0.15) is 12.8 Å². The van der Waals surface area contributed by atoms with Crippen LogP contribution in [0.5, 0.6) is 0 Å². The molecular formula is C12H10BrFN4O2. The second-order valence-corrected chi connectivity index (χ2v) is 5.72. The predicted molar refractivity (Wildman–Crippen MR) is 70.2 cm³/mol. The Labute approximate surface area is 121 Å². The normalized spacial score (nSPS) is 16.1. The van der Waals surface area contributed by atoms with Crippen LogP contribution in [0.25, 0.3) is 11.4 Å². The number of tetrazole rings is 1. The number of aromatic nitrogens is 4. The van der Waals surface area contributed by atoms with Gasteiger partial charge in [0.2, 0.25) is 0 Å². The first-order valence-corrected chi connectivity index (χ1v) is 6.76. The summed E-state index contributed by atoms with van der Waals surface area (Å²) in [5.74, 6) is -0.904. The molecule has 8 heteroatoms. The molecule has 1 fully saturated rings. The molecule has 1 heterocycles. The van der Waals surface area contributed by atoms with Crippen molar-refractivity contribution in [1.29, 1.82) is 0 Å². The lowest BCUT2D eigenvalue weighted by Crippen LogP contribution is -2.22. The summed E-state index contributed by atoms with van der Waals surface area (Å²) in [7, 11) is 0. The summed E-state index contributed by atoms with van der Waals surface area (Å²) in [5, 5.41) is 20.5. The lowest BCUT2D eigenvalue weighted by atomic mass is 10.1. The summed E-state index contributed by atoms with van der Waals surface area (Å²) in [6.45, 7) is 0.188. The van der Waals surface area contributed by atoms with Crippen LogP contribution in [0, 0.1) is 11.2 Å². The first-order valence-electron chi connectivity index (χ1n) is 5.97. The number of aliphatic carboxylic acids is 1. The second-order valence-electron chi connectivity index (χ2n) is 4.87. The maximum Gasteiger partial charge on any atom is 0.311 e. The first-order chi connectivity index (χ1) is 9.52. The van der Waals surface area contributed by atoms with Crippen LogP contribution in [0.4, 0.5) is 4.39 Å². The molecule has 104 valence electrons. The van der Waals surface area contributed by atoms with Gasteiger partial charge in [-0.3, -0.25) is 4.79 Å². The summed E-state index contributed by atoms with van der Waals surface area (Å²) in [6, 6.07) is 4.20. The van der Waals surface area contributed by atoms with Gasteiger partial charge in [-0.15, -0.1) is 5.10 Å². The quantitative estimate of drug-likeness (QED) is 0.921. The van der Waals surface area contributed by atoms with Crippen molar-refractivity contribution < 1.29 is 14.3 Å². The van der Waals surface area contributed by atoms with E-state index in [1.165, 1.54) is 16.8 Å². The fraction of sp³-hybridized carbons (Fsp3) is 0.333. The van der Waals surface area contributed by atoms with Crippen LogP contribution < -0.4 is 0 Å². The van der Waals surface area contributed by atoms with E-state index in [0.29, 0.717) is 28.7 Å². The Morgan fingerprint density at radius 1 is 1.50 bits per heavy atom. The van der Waals surface area contributed by atoms with Crippen LogP contribution in [-0.4, -0.2) is 31.3 Å². The van der Waals surface area contributed by atoms with E-state index >= 15 is 0 Å². The number of carboxylic acids is 1. The molecule has 0 bridgehead atoms. The Hall–Kier alpha value is -1.83. The van der Waals surface area contributed by atoms with Gasteiger partial charge in [0, 0.05) is 10.0 Å². The Bertz CT molecular complexity index is 684. The van der Waals surface area contributed by atoms with E-state index in [1.54, 1.807) is 6.07 Å². The highest BCUT2D eigenvalue weighted by Gasteiger charge is 2.51. The standard InChI is InChI=1S/C12H10BrFN4O2/c13-9-2-1-7(14)5-8(9)10-15-16-17-18(10)6-12(3-4-12)11(19)20/h1-2,5H,3-4,6H2,(H,19,20). The van der Waals surface area contributed by atoms with Gasteiger partial charge in [-0.2, -0.15) is 0 Å². The van der Waals surface area contributed by atoms with Crippen LogP contribution in [-0.2, 0) is 11.3 Å². The molecule has 1 saturated carbocycles. The summed E-state index contributed by atoms with van der Waals surface area (Å²) in [5.41, 5.74) is -0.291. The zero-order chi connectivity index (χ0) is 14.3. The van der Waals surface area contributed by atoms with Gasteiger partial charge < -0.3 is 5.11 Å². The van der Waals surface area contributed by atoms with Crippen molar-refractivity contribution in [3.05, 3.63) is 28.5 Å². The SMILES string of the molecule is O=C(O)C1(Cn2nnnc2-c2cc(F)ccc2Br)CC1. The Morgan fingerprint density at radius 2 is 2.25 bits per heavy atom. The molecule has 6 nitrogen and oxygen atoms in total. The van der Waals surface area contributed by atoms with Gasteiger partial charge in [0.15, 0.2) is 5.82 Å². The number of hydrogen-bond donors (Lipinski definition) is 1. The lowest BCUT2D eigenvalue weighted by Gasteiger charge is -2.11. The van der Waals surface area contributed by atoms with Crippen molar-refractivity contribution in [3.8, 4) is 11.4 Å². The predicted octanol–water partition coefficient (Wildman–Crippen LogP) is 2.11. The molecular weight excluding hydrogens is 331 g/mol. The average molecular weight is 341 g/mol. The van der Waals surface area contributed by atoms with Gasteiger partial charge in [0.1, 0.15) is 5.82 Å². The molecule has 0 aliphatic heterocycles. The molecule has 0 unspecified atom stereocenters. The molecule has 0 spiro atoms. The van der Waals surface area contributed by atoms with E-state index in [2.05, 4.69) is 31.5 Å². The topological polar surface area (TPSA) is 80.9 Å². The monoisotopic (exact) mass is 340 g/mol. The Morgan fingerprint density at radius 3 is 2.90 bits per heavy atom. The van der Waals surface area contributed by atoms with Crippen LogP contribution in [0.15, 0.2) is 22.7 Å². The van der Waals surface area contributed by atoms with Gasteiger partial charge in [-0.1, -0.05) is 15.9 Å². The molecule has 20 heavy (non-hydrogen) atoms. The van der Waals surface area contributed by atoms with E-state index in [-0.39, 0.29) is 6.54 Å². The molecule has 0 saturated heterocycles. The molecule has 1 aromatic heterocycles. The van der Waals surface area contributed by atoms with Crippen molar-refractivity contribution in [2.75, 3.05) is 0 Å². The number of halogens is 2. The van der Waals surface area contributed by atoms with Crippen LogP contribution >= 0.6 is 15.9 Å². The fourth-order valence-electron chi connectivity index (χ4n) is 2.05. The molecule has 1 N–H and O–H groups in total. The zero-order valence-electron chi connectivity index (χ0n) is 10.3. The van der Waals surface area contributed by atoms with Gasteiger partial charge >= 0.3 is 5.97 Å². The molecule has 1 aromatic carbocycles. The van der Waals surface area contributed by atoms with Crippen LogP contribution in [0.2, 0.25) is 0 Å². The van der Waals surface area contributed by atoms with Crippen molar-refractivity contribution >= 4 is 21.9 Å². The summed E-state index contributed by atoms with van der Waals surface area (Å²) in [4.78, 5) is 11.2. The third kappa shape index (κ3) is 2.20. The van der Waals surface area contributed by atoms with Crippen molar-refractivity contribution in [2.24, 2.45) is 5.41 Å². The third-order valence-corrected chi connectivity index (χ3v) is 4.15. The summed E-state index contributed by atoms with van der Waals surface area (Å²) >= 11 is 3.32. The summed E-state index contributed by atoms with van der Waals surface area (Å²) < 4.78 is 15.4. The number of hydrogen-bond acceptors (Lipinski definition) is 4. The number of rotatable bonds is 4. The highest BCUT2D eigenvalue weighted by Crippen LogP contribution is 2.47. The fourth-order valence-corrected chi connectivity index (χ4v) is 2.47. The first kappa shape index (κ1) is 13.2. The smallest absolute Gasteiger partial charge is 0.311 e. The number of benzene rings is 1. The second kappa shape index (κ2) is 4.62. The zero-order valence-corrected chi connectivity index (χ0v) is 11.8. The highest BCUT2D eigenvalue weighted by atomic mass is 79.9. The van der Waals surface area contributed by atoms with Gasteiger partial charge in [-0.05, 0) is 41.5 Å². The number of carbonyl (C=O) groups is 1. The van der Waals surface area contributed by atoms with E-state index in [4.69, 9.17) is 0 Å². The van der Waals surface area contributed by atoms with Crippen LogP contribution in [0.3, 0.4) is 0 Å². The number of carboxylic acid groups (broad SMARTS) is 1. The summed E-state index contributed by atoms with van der Waals surface area (Å²) in [6.07, 6.45) is 1.21. The lowest BCUT2D eigenvalue weighted by molar-refractivity contribution is -0.144. The molecule has 0 amide bonds. The largest absolute Gasteiger partial charge is 0.481 e. The maximum absolute atomic E-state index is 13.4. The molecule has 1 aliphatic rings. The van der Waals surface area contributed by atoms with E-state index in [1.807, 2.05) is 0 Å². The molecule has 2 aromatic rings. The Balaban J connectivity index is 1.98. The van der Waals surface area contributed by atoms with Crippen molar-refractivity contribution in [1.82, 2.24) is 20.2 Å². The van der Waals surface area contributed by atoms with Gasteiger partial charge in [0.05, 0.1) is 12.0 Å². The third-order valence-electron chi connectivity index (χ3n) is 3.46. The molecule has 1 aliphatic carbocycles.